The van der Waals surface area contributed by atoms with E-state index in [4.69, 9.17) is 4.74 Å². The Morgan fingerprint density at radius 2 is 1.76 bits per heavy atom. The molecule has 29 heavy (non-hydrogen) atoms. The fraction of sp³-hybridized carbons (Fsp3) is 0.318. The zero-order valence-electron chi connectivity index (χ0n) is 16.3. The fourth-order valence-corrected chi connectivity index (χ4v) is 3.82. The number of fused-ring (bicyclic) bond motifs is 1. The van der Waals surface area contributed by atoms with Crippen LogP contribution in [0.5, 0.6) is 5.75 Å². The first-order valence-corrected chi connectivity index (χ1v) is 9.66. The summed E-state index contributed by atoms with van der Waals surface area (Å²) in [5, 5.41) is 0. The predicted molar refractivity (Wildman–Crippen MR) is 108 cm³/mol. The van der Waals surface area contributed by atoms with Gasteiger partial charge in [-0.3, -0.25) is 19.3 Å². The fourth-order valence-electron chi connectivity index (χ4n) is 3.82. The van der Waals surface area contributed by atoms with E-state index < -0.39 is 0 Å². The van der Waals surface area contributed by atoms with Crippen molar-refractivity contribution in [1.29, 1.82) is 0 Å². The molecule has 0 atom stereocenters. The molecule has 0 aliphatic carbocycles. The molecule has 0 aromatic heterocycles. The normalized spacial score (nSPS) is 16.7. The zero-order valence-corrected chi connectivity index (χ0v) is 16.3. The van der Waals surface area contributed by atoms with Crippen LogP contribution in [0.15, 0.2) is 48.5 Å². The van der Waals surface area contributed by atoms with E-state index in [0.29, 0.717) is 31.7 Å². The summed E-state index contributed by atoms with van der Waals surface area (Å²) in [6.45, 7) is 2.25. The predicted octanol–water partition coefficient (Wildman–Crippen LogP) is 1.57. The van der Waals surface area contributed by atoms with E-state index in [2.05, 4.69) is 4.90 Å². The summed E-state index contributed by atoms with van der Waals surface area (Å²) >= 11 is 0. The average Bonchev–Trinajstić information content (AvgIpc) is 2.76. The van der Waals surface area contributed by atoms with Gasteiger partial charge in [-0.15, -0.1) is 0 Å². The number of amides is 3. The van der Waals surface area contributed by atoms with Crippen molar-refractivity contribution in [3.8, 4) is 5.75 Å². The van der Waals surface area contributed by atoms with Crippen LogP contribution >= 0.6 is 0 Å². The van der Waals surface area contributed by atoms with Crippen LogP contribution in [0.4, 0.5) is 5.69 Å². The third-order valence-electron chi connectivity index (χ3n) is 5.48. The molecule has 2 aromatic rings. The molecular weight excluding hydrogens is 370 g/mol. The van der Waals surface area contributed by atoms with Crippen LogP contribution in [0.3, 0.4) is 0 Å². The molecule has 150 valence electrons. The van der Waals surface area contributed by atoms with Gasteiger partial charge in [0.1, 0.15) is 12.3 Å². The van der Waals surface area contributed by atoms with E-state index in [1.165, 1.54) is 0 Å². The molecule has 7 nitrogen and oxygen atoms in total. The lowest BCUT2D eigenvalue weighted by atomic mass is 9.98. The van der Waals surface area contributed by atoms with Crippen molar-refractivity contribution in [1.82, 2.24) is 9.80 Å². The number of carbonyl (C=O) groups is 3. The number of piperazine rings is 1. The summed E-state index contributed by atoms with van der Waals surface area (Å²) in [5.74, 6) is -0.114. The van der Waals surface area contributed by atoms with E-state index in [1.54, 1.807) is 30.2 Å². The highest BCUT2D eigenvalue weighted by Crippen LogP contribution is 2.23. The van der Waals surface area contributed by atoms with Crippen molar-refractivity contribution < 1.29 is 19.1 Å². The number of nitrogens with zero attached hydrogens (tertiary/aromatic N) is 3. The average molecular weight is 393 g/mol. The van der Waals surface area contributed by atoms with E-state index in [0.717, 1.165) is 21.9 Å². The van der Waals surface area contributed by atoms with Gasteiger partial charge in [0, 0.05) is 43.5 Å². The Bertz CT molecular complexity index is 951. The molecule has 2 aliphatic rings. The third-order valence-corrected chi connectivity index (χ3v) is 5.48. The molecule has 0 N–H and O–H groups in total. The second-order valence-corrected chi connectivity index (χ2v) is 7.19. The van der Waals surface area contributed by atoms with Gasteiger partial charge in [-0.05, 0) is 23.8 Å². The Labute approximate surface area is 169 Å². The number of ether oxygens (including phenoxy) is 1. The standard InChI is InChI=1S/C22H23N3O4/c1-29-18-7-4-6-17(14-18)23-9-11-24(12-10-23)21(27)15-25-20(26)13-16-5-2-3-8-19(16)22(25)28/h2-8,14H,9-13,15H2,1H3. The smallest absolute Gasteiger partial charge is 0.261 e. The maximum absolute atomic E-state index is 12.8. The highest BCUT2D eigenvalue weighted by molar-refractivity contribution is 6.11. The summed E-state index contributed by atoms with van der Waals surface area (Å²) < 4.78 is 5.27. The lowest BCUT2D eigenvalue weighted by molar-refractivity contribution is -0.138. The second-order valence-electron chi connectivity index (χ2n) is 7.19. The van der Waals surface area contributed by atoms with Crippen LogP contribution in [-0.4, -0.2) is 67.4 Å². The minimum atomic E-state index is -0.389. The van der Waals surface area contributed by atoms with Gasteiger partial charge >= 0.3 is 0 Å². The van der Waals surface area contributed by atoms with Crippen molar-refractivity contribution in [2.75, 3.05) is 44.7 Å². The molecule has 1 saturated heterocycles. The number of hydrogen-bond acceptors (Lipinski definition) is 5. The number of rotatable bonds is 4. The molecule has 2 aromatic carbocycles. The Hall–Kier alpha value is -3.35. The number of hydrogen-bond donors (Lipinski definition) is 0. The van der Waals surface area contributed by atoms with Crippen LogP contribution in [0, 0.1) is 0 Å². The van der Waals surface area contributed by atoms with Crippen molar-refractivity contribution in [2.45, 2.75) is 6.42 Å². The first-order valence-electron chi connectivity index (χ1n) is 9.66. The van der Waals surface area contributed by atoms with Crippen LogP contribution in [-0.2, 0) is 16.0 Å². The van der Waals surface area contributed by atoms with Gasteiger partial charge in [-0.25, -0.2) is 0 Å². The Morgan fingerprint density at radius 1 is 1.00 bits per heavy atom. The van der Waals surface area contributed by atoms with Gasteiger partial charge in [0.15, 0.2) is 0 Å². The summed E-state index contributed by atoms with van der Waals surface area (Å²) in [7, 11) is 1.64. The van der Waals surface area contributed by atoms with Crippen molar-refractivity contribution in [3.63, 3.8) is 0 Å². The molecule has 2 aliphatic heterocycles. The number of carbonyl (C=O) groups excluding carboxylic acids is 3. The maximum atomic E-state index is 12.8. The Balaban J connectivity index is 1.38. The molecule has 0 radical (unpaired) electrons. The topological polar surface area (TPSA) is 70.2 Å². The minimum Gasteiger partial charge on any atom is -0.497 e. The largest absolute Gasteiger partial charge is 0.497 e. The highest BCUT2D eigenvalue weighted by Gasteiger charge is 2.33. The van der Waals surface area contributed by atoms with Gasteiger partial charge in [0.05, 0.1) is 13.5 Å². The van der Waals surface area contributed by atoms with Crippen LogP contribution in [0.1, 0.15) is 15.9 Å². The van der Waals surface area contributed by atoms with Gasteiger partial charge in [0.25, 0.3) is 5.91 Å². The Kier molecular flexibility index (Phi) is 5.20. The van der Waals surface area contributed by atoms with Crippen LogP contribution < -0.4 is 9.64 Å². The van der Waals surface area contributed by atoms with Gasteiger partial charge in [0.2, 0.25) is 11.8 Å². The monoisotopic (exact) mass is 393 g/mol. The number of imide groups is 1. The lowest BCUT2D eigenvalue weighted by Gasteiger charge is -2.37. The first-order chi connectivity index (χ1) is 14.1. The molecule has 0 saturated carbocycles. The van der Waals surface area contributed by atoms with Gasteiger partial charge in [-0.2, -0.15) is 0 Å². The highest BCUT2D eigenvalue weighted by atomic mass is 16.5. The molecule has 0 unspecified atom stereocenters. The second kappa shape index (κ2) is 7.95. The SMILES string of the molecule is COc1cccc(N2CCN(C(=O)CN3C(=O)Cc4ccccc4C3=O)CC2)c1. The quantitative estimate of drug-likeness (QED) is 0.738. The minimum absolute atomic E-state index is 0.152. The first kappa shape index (κ1) is 19.0. The molecule has 2 heterocycles. The molecule has 4 rings (SSSR count). The maximum Gasteiger partial charge on any atom is 0.261 e. The Morgan fingerprint density at radius 3 is 2.52 bits per heavy atom. The molecular formula is C22H23N3O4. The van der Waals surface area contributed by atoms with Gasteiger partial charge < -0.3 is 14.5 Å². The van der Waals surface area contributed by atoms with Crippen LogP contribution in [0.2, 0.25) is 0 Å². The lowest BCUT2D eigenvalue weighted by Crippen LogP contribution is -2.53. The molecule has 1 fully saturated rings. The van der Waals surface area contributed by atoms with E-state index in [-0.39, 0.29) is 30.7 Å². The molecule has 0 bridgehead atoms. The van der Waals surface area contributed by atoms with Crippen LogP contribution in [0.25, 0.3) is 0 Å². The number of anilines is 1. The summed E-state index contributed by atoms with van der Waals surface area (Å²) in [5.41, 5.74) is 2.27. The third kappa shape index (κ3) is 3.81. The summed E-state index contributed by atoms with van der Waals surface area (Å²) in [6.07, 6.45) is 0.152. The summed E-state index contributed by atoms with van der Waals surface area (Å²) in [4.78, 5) is 42.8. The molecule has 7 heteroatoms. The van der Waals surface area contributed by atoms with Crippen molar-refractivity contribution in [3.05, 3.63) is 59.7 Å². The molecule has 0 spiro atoms. The van der Waals surface area contributed by atoms with E-state index in [1.807, 2.05) is 30.3 Å². The number of benzene rings is 2. The molecule has 3 amide bonds. The number of methoxy groups -OCH3 is 1. The zero-order chi connectivity index (χ0) is 20.4. The van der Waals surface area contributed by atoms with Gasteiger partial charge in [-0.1, -0.05) is 24.3 Å². The van der Waals surface area contributed by atoms with E-state index in [9.17, 15) is 14.4 Å². The van der Waals surface area contributed by atoms with E-state index >= 15 is 0 Å². The van der Waals surface area contributed by atoms with Crippen molar-refractivity contribution >= 4 is 23.4 Å². The van der Waals surface area contributed by atoms with Crippen molar-refractivity contribution in [2.24, 2.45) is 0 Å². The summed E-state index contributed by atoms with van der Waals surface area (Å²) in [6, 6.07) is 14.9.